The maximum atomic E-state index is 11.3. The summed E-state index contributed by atoms with van der Waals surface area (Å²) in [5.41, 5.74) is 4.97. The van der Waals surface area contributed by atoms with Crippen LogP contribution in [0.25, 0.3) is 0 Å². The van der Waals surface area contributed by atoms with E-state index in [1.54, 1.807) is 0 Å². The summed E-state index contributed by atoms with van der Waals surface area (Å²) in [4.78, 5) is 0. The number of halogens is 2. The number of rotatable bonds is 5. The fraction of sp³-hybridized carbons (Fsp3) is 0.600. The van der Waals surface area contributed by atoms with E-state index in [0.29, 0.717) is 0 Å². The van der Waals surface area contributed by atoms with Gasteiger partial charge in [0, 0.05) is 12.4 Å². The molecule has 0 amide bonds. The summed E-state index contributed by atoms with van der Waals surface area (Å²) in [6, 6.07) is 0. The summed E-state index contributed by atoms with van der Waals surface area (Å²) in [5, 5.41) is 1.16. The number of hydrogen-bond acceptors (Lipinski definition) is 4. The molecule has 0 atom stereocenters. The van der Waals surface area contributed by atoms with Crippen LogP contribution >= 0.6 is 0 Å². The molecule has 0 heterocycles. The first kappa shape index (κ1) is 10.1. The summed E-state index contributed by atoms with van der Waals surface area (Å²) in [6.45, 7) is -2.69. The Morgan fingerprint density at radius 2 is 2.18 bits per heavy atom. The van der Waals surface area contributed by atoms with Gasteiger partial charge in [0.25, 0.3) is 0 Å². The average molecular weight is 167 g/mol. The maximum Gasteiger partial charge on any atom is 0.345 e. The van der Waals surface area contributed by atoms with E-state index < -0.39 is 6.61 Å². The van der Waals surface area contributed by atoms with E-state index in [2.05, 4.69) is 4.74 Å². The van der Waals surface area contributed by atoms with Crippen molar-refractivity contribution in [3.05, 3.63) is 12.4 Å². The van der Waals surface area contributed by atoms with Crippen molar-refractivity contribution in [1.82, 2.24) is 5.01 Å². The molecule has 4 nitrogen and oxygen atoms in total. The average Bonchev–Trinajstić information content (AvgIpc) is 1.87. The van der Waals surface area contributed by atoms with Crippen molar-refractivity contribution in [2.75, 3.05) is 13.2 Å². The number of hydrogen-bond donors (Lipinski definition) is 2. The van der Waals surface area contributed by atoms with E-state index in [1.807, 2.05) is 0 Å². The van der Waals surface area contributed by atoms with Crippen LogP contribution in [0.3, 0.4) is 0 Å². The summed E-state index contributed by atoms with van der Waals surface area (Å²) in [6.07, 6.45) is 2.57. The molecule has 0 spiro atoms. The molecule has 0 aliphatic heterocycles. The quantitative estimate of drug-likeness (QED) is 0.441. The van der Waals surface area contributed by atoms with Crippen LogP contribution in [0.5, 0.6) is 0 Å². The van der Waals surface area contributed by atoms with Gasteiger partial charge in [0.05, 0.1) is 13.2 Å². The minimum absolute atomic E-state index is 0.126. The van der Waals surface area contributed by atoms with Gasteiger partial charge in [-0.15, -0.1) is 0 Å². The van der Waals surface area contributed by atoms with Crippen LogP contribution in [0.1, 0.15) is 0 Å². The predicted molar refractivity (Wildman–Crippen MR) is 36.2 cm³/mol. The highest BCUT2D eigenvalue weighted by molar-refractivity contribution is 4.72. The number of ether oxygens (including phenoxy) is 1. The normalized spacial score (nSPS) is 11.3. The zero-order valence-corrected chi connectivity index (χ0v) is 5.91. The first-order valence-electron chi connectivity index (χ1n) is 2.96. The van der Waals surface area contributed by atoms with Crippen LogP contribution in [0.2, 0.25) is 0 Å². The SMILES string of the molecule is NC=CN(N)CCOC(F)F. The Morgan fingerprint density at radius 3 is 2.64 bits per heavy atom. The fourth-order valence-corrected chi connectivity index (χ4v) is 0.432. The van der Waals surface area contributed by atoms with Crippen molar-refractivity contribution in [2.24, 2.45) is 11.6 Å². The maximum absolute atomic E-state index is 11.3. The van der Waals surface area contributed by atoms with E-state index in [0.717, 1.165) is 5.01 Å². The lowest BCUT2D eigenvalue weighted by molar-refractivity contribution is -0.130. The Morgan fingerprint density at radius 1 is 1.55 bits per heavy atom. The number of nitrogens with zero attached hydrogens (tertiary/aromatic N) is 1. The molecule has 0 saturated carbocycles. The van der Waals surface area contributed by atoms with Crippen LogP contribution in [0.15, 0.2) is 12.4 Å². The van der Waals surface area contributed by atoms with Gasteiger partial charge in [0.15, 0.2) is 0 Å². The standard InChI is InChI=1S/C5H11F2N3O/c6-5(7)11-4-3-10(9)2-1-8/h1-2,5H,3-4,8-9H2. The van der Waals surface area contributed by atoms with Gasteiger partial charge in [0.1, 0.15) is 0 Å². The van der Waals surface area contributed by atoms with E-state index >= 15 is 0 Å². The molecular weight excluding hydrogens is 156 g/mol. The molecule has 0 aromatic heterocycles. The van der Waals surface area contributed by atoms with Crippen molar-refractivity contribution in [3.8, 4) is 0 Å². The number of nitrogens with two attached hydrogens (primary N) is 2. The van der Waals surface area contributed by atoms with E-state index in [1.165, 1.54) is 12.4 Å². The lowest BCUT2D eigenvalue weighted by Gasteiger charge is -2.12. The Balaban J connectivity index is 3.24. The minimum atomic E-state index is -2.75. The molecule has 0 aliphatic carbocycles. The largest absolute Gasteiger partial charge is 0.403 e. The van der Waals surface area contributed by atoms with Gasteiger partial charge in [-0.1, -0.05) is 0 Å². The van der Waals surface area contributed by atoms with Crippen molar-refractivity contribution in [3.63, 3.8) is 0 Å². The third kappa shape index (κ3) is 7.01. The van der Waals surface area contributed by atoms with Gasteiger partial charge in [0.2, 0.25) is 0 Å². The van der Waals surface area contributed by atoms with Crippen molar-refractivity contribution < 1.29 is 13.5 Å². The predicted octanol–water partition coefficient (Wildman–Crippen LogP) is -0.169. The monoisotopic (exact) mass is 167 g/mol. The summed E-state index contributed by atoms with van der Waals surface area (Å²) in [5.74, 6) is 5.21. The molecule has 6 heteroatoms. The molecule has 0 fully saturated rings. The Kier molecular flexibility index (Phi) is 5.40. The van der Waals surface area contributed by atoms with Crippen LogP contribution in [0.4, 0.5) is 8.78 Å². The highest BCUT2D eigenvalue weighted by Gasteiger charge is 2.00. The molecular formula is C5H11F2N3O. The minimum Gasteiger partial charge on any atom is -0.403 e. The van der Waals surface area contributed by atoms with Gasteiger partial charge in [-0.25, -0.2) is 5.84 Å². The van der Waals surface area contributed by atoms with Crippen LogP contribution in [-0.4, -0.2) is 24.8 Å². The molecule has 0 unspecified atom stereocenters. The Hall–Kier alpha value is -0.880. The molecule has 0 rings (SSSR count). The molecule has 0 aliphatic rings. The van der Waals surface area contributed by atoms with Crippen LogP contribution in [0, 0.1) is 0 Å². The second-order valence-corrected chi connectivity index (χ2v) is 1.71. The van der Waals surface area contributed by atoms with Crippen LogP contribution in [-0.2, 0) is 4.74 Å². The number of hydrazine groups is 1. The van der Waals surface area contributed by atoms with Crippen molar-refractivity contribution in [1.29, 1.82) is 0 Å². The molecule has 0 aromatic carbocycles. The molecule has 11 heavy (non-hydrogen) atoms. The Labute approximate surface area is 63.4 Å². The third-order valence-electron chi connectivity index (χ3n) is 0.871. The topological polar surface area (TPSA) is 64.5 Å². The van der Waals surface area contributed by atoms with Crippen molar-refractivity contribution >= 4 is 0 Å². The van der Waals surface area contributed by atoms with Gasteiger partial charge in [-0.2, -0.15) is 8.78 Å². The third-order valence-corrected chi connectivity index (χ3v) is 0.871. The molecule has 4 N–H and O–H groups in total. The second-order valence-electron chi connectivity index (χ2n) is 1.71. The first-order chi connectivity index (χ1) is 5.16. The van der Waals surface area contributed by atoms with Crippen molar-refractivity contribution in [2.45, 2.75) is 6.61 Å². The molecule has 0 saturated heterocycles. The van der Waals surface area contributed by atoms with E-state index in [4.69, 9.17) is 11.6 Å². The highest BCUT2D eigenvalue weighted by Crippen LogP contribution is 1.93. The molecule has 0 bridgehead atoms. The molecule has 0 aromatic rings. The zero-order chi connectivity index (χ0) is 8.69. The lowest BCUT2D eigenvalue weighted by atomic mass is 10.6. The zero-order valence-electron chi connectivity index (χ0n) is 5.91. The van der Waals surface area contributed by atoms with Gasteiger partial charge >= 0.3 is 6.61 Å². The second kappa shape index (κ2) is 5.87. The smallest absolute Gasteiger partial charge is 0.345 e. The van der Waals surface area contributed by atoms with Gasteiger partial charge in [-0.3, -0.25) is 0 Å². The van der Waals surface area contributed by atoms with E-state index in [9.17, 15) is 8.78 Å². The first-order valence-corrected chi connectivity index (χ1v) is 2.96. The van der Waals surface area contributed by atoms with Crippen LogP contribution < -0.4 is 11.6 Å². The lowest BCUT2D eigenvalue weighted by Crippen LogP contribution is -2.29. The Bertz CT molecular complexity index is 120. The summed E-state index contributed by atoms with van der Waals surface area (Å²) in [7, 11) is 0. The van der Waals surface area contributed by atoms with Gasteiger partial charge in [-0.05, 0) is 0 Å². The van der Waals surface area contributed by atoms with E-state index in [-0.39, 0.29) is 13.2 Å². The molecule has 0 radical (unpaired) electrons. The molecule has 66 valence electrons. The summed E-state index contributed by atoms with van der Waals surface area (Å²) >= 11 is 0. The summed E-state index contributed by atoms with van der Waals surface area (Å²) < 4.78 is 26.6. The number of alkyl halides is 2. The fourth-order valence-electron chi connectivity index (χ4n) is 0.432. The van der Waals surface area contributed by atoms with Gasteiger partial charge < -0.3 is 15.5 Å². The highest BCUT2D eigenvalue weighted by atomic mass is 19.3.